The zero-order chi connectivity index (χ0) is 12.4. The molecule has 0 saturated heterocycles. The number of nitrogens with zero attached hydrogens (tertiary/aromatic N) is 3. The highest BCUT2D eigenvalue weighted by Gasteiger charge is 2.20. The smallest absolute Gasteiger partial charge is 0.133 e. The Morgan fingerprint density at radius 1 is 1.41 bits per heavy atom. The number of nitrogens with one attached hydrogen (secondary N) is 1. The first-order chi connectivity index (χ1) is 8.13. The van der Waals surface area contributed by atoms with Crippen molar-refractivity contribution in [3.8, 4) is 0 Å². The van der Waals surface area contributed by atoms with Crippen LogP contribution in [0.15, 0.2) is 33.6 Å². The zero-order valence-electron chi connectivity index (χ0n) is 9.06. The van der Waals surface area contributed by atoms with Gasteiger partial charge < -0.3 is 4.57 Å². The molecule has 0 aliphatic rings. The Labute approximate surface area is 116 Å². The molecule has 0 fully saturated rings. The topological polar surface area (TPSA) is 68.8 Å². The summed E-state index contributed by atoms with van der Waals surface area (Å²) < 4.78 is 3.68. The lowest BCUT2D eigenvalue weighted by molar-refractivity contribution is 0.565. The van der Waals surface area contributed by atoms with Gasteiger partial charge in [0.25, 0.3) is 0 Å². The first-order valence-corrected chi connectivity index (χ1v) is 6.46. The van der Waals surface area contributed by atoms with Crippen LogP contribution in [0.25, 0.3) is 0 Å². The molecule has 7 heteroatoms. The summed E-state index contributed by atoms with van der Waals surface area (Å²) in [5, 5.41) is 0. The highest BCUT2D eigenvalue weighted by Crippen LogP contribution is 2.27. The molecule has 1 atom stereocenters. The van der Waals surface area contributed by atoms with E-state index in [-0.39, 0.29) is 6.04 Å². The number of hydrogen-bond acceptors (Lipinski definition) is 4. The minimum absolute atomic E-state index is 0.252. The standard InChI is InChI=1S/C10H11Br2N5/c1-17-3-2-14-10(17)9(16-13)8-7(12)4-6(11)5-15-8/h2-5,9,16H,13H2,1H3. The molecule has 2 heterocycles. The van der Waals surface area contributed by atoms with Crippen LogP contribution in [0.1, 0.15) is 17.6 Å². The molecule has 0 aliphatic heterocycles. The third-order valence-corrected chi connectivity index (χ3v) is 3.46. The predicted molar refractivity (Wildman–Crippen MR) is 72.0 cm³/mol. The van der Waals surface area contributed by atoms with Crippen LogP contribution in [0.2, 0.25) is 0 Å². The van der Waals surface area contributed by atoms with Crippen molar-refractivity contribution < 1.29 is 0 Å². The van der Waals surface area contributed by atoms with Gasteiger partial charge in [-0.25, -0.2) is 10.4 Å². The van der Waals surface area contributed by atoms with Crippen molar-refractivity contribution >= 4 is 31.9 Å². The van der Waals surface area contributed by atoms with Gasteiger partial charge in [0.05, 0.1) is 5.69 Å². The van der Waals surface area contributed by atoms with Crippen molar-refractivity contribution in [2.45, 2.75) is 6.04 Å². The minimum Gasteiger partial charge on any atom is -0.336 e. The van der Waals surface area contributed by atoms with E-state index in [4.69, 9.17) is 5.84 Å². The average Bonchev–Trinajstić information content (AvgIpc) is 2.69. The lowest BCUT2D eigenvalue weighted by Gasteiger charge is -2.16. The largest absolute Gasteiger partial charge is 0.336 e. The third kappa shape index (κ3) is 2.57. The quantitative estimate of drug-likeness (QED) is 0.647. The van der Waals surface area contributed by atoms with Gasteiger partial charge in [0.15, 0.2) is 0 Å². The number of rotatable bonds is 3. The number of hydrazine groups is 1. The van der Waals surface area contributed by atoms with E-state index < -0.39 is 0 Å². The van der Waals surface area contributed by atoms with E-state index in [1.54, 1.807) is 12.4 Å². The molecule has 0 radical (unpaired) electrons. The van der Waals surface area contributed by atoms with Gasteiger partial charge in [0.1, 0.15) is 11.9 Å². The van der Waals surface area contributed by atoms with Crippen LogP contribution < -0.4 is 11.3 Å². The molecule has 0 saturated carbocycles. The van der Waals surface area contributed by atoms with Gasteiger partial charge in [-0.3, -0.25) is 10.8 Å². The maximum absolute atomic E-state index is 5.60. The van der Waals surface area contributed by atoms with Crippen LogP contribution in [-0.2, 0) is 7.05 Å². The number of aromatic nitrogens is 3. The minimum atomic E-state index is -0.252. The van der Waals surface area contributed by atoms with E-state index in [0.29, 0.717) is 0 Å². The summed E-state index contributed by atoms with van der Waals surface area (Å²) >= 11 is 6.84. The molecule has 0 aliphatic carbocycles. The van der Waals surface area contributed by atoms with E-state index in [0.717, 1.165) is 20.5 Å². The third-order valence-electron chi connectivity index (χ3n) is 2.39. The first kappa shape index (κ1) is 12.7. The monoisotopic (exact) mass is 359 g/mol. The summed E-state index contributed by atoms with van der Waals surface area (Å²) in [6, 6.07) is 1.67. The van der Waals surface area contributed by atoms with E-state index in [1.807, 2.05) is 23.9 Å². The maximum Gasteiger partial charge on any atom is 0.133 e. The lowest BCUT2D eigenvalue weighted by Crippen LogP contribution is -2.31. The molecule has 2 aromatic rings. The highest BCUT2D eigenvalue weighted by molar-refractivity contribution is 9.11. The van der Waals surface area contributed by atoms with Crippen LogP contribution >= 0.6 is 31.9 Å². The molecule has 2 aromatic heterocycles. The number of aryl methyl sites for hydroxylation is 1. The molecule has 3 N–H and O–H groups in total. The van der Waals surface area contributed by atoms with Crippen LogP contribution in [-0.4, -0.2) is 14.5 Å². The van der Waals surface area contributed by atoms with Crippen molar-refractivity contribution in [3.63, 3.8) is 0 Å². The molecule has 1 unspecified atom stereocenters. The fourth-order valence-corrected chi connectivity index (χ4v) is 2.79. The SMILES string of the molecule is Cn1ccnc1C(NN)c1ncc(Br)cc1Br. The summed E-state index contributed by atoms with van der Waals surface area (Å²) in [6.07, 6.45) is 5.33. The van der Waals surface area contributed by atoms with E-state index >= 15 is 0 Å². The Bertz CT molecular complexity index is 525. The molecule has 5 nitrogen and oxygen atoms in total. The zero-order valence-corrected chi connectivity index (χ0v) is 12.2. The van der Waals surface area contributed by atoms with Gasteiger partial charge in [0, 0.05) is 34.6 Å². The normalized spacial score (nSPS) is 12.7. The Kier molecular flexibility index (Phi) is 3.93. The van der Waals surface area contributed by atoms with E-state index in [1.165, 1.54) is 0 Å². The second kappa shape index (κ2) is 5.26. The van der Waals surface area contributed by atoms with Crippen LogP contribution in [0.5, 0.6) is 0 Å². The summed E-state index contributed by atoms with van der Waals surface area (Å²) in [7, 11) is 1.92. The number of imidazole rings is 1. The average molecular weight is 361 g/mol. The van der Waals surface area contributed by atoms with Crippen LogP contribution in [0, 0.1) is 0 Å². The second-order valence-electron chi connectivity index (χ2n) is 3.52. The molecule has 90 valence electrons. The van der Waals surface area contributed by atoms with Gasteiger partial charge in [-0.15, -0.1) is 0 Å². The molecule has 0 spiro atoms. The Morgan fingerprint density at radius 3 is 2.71 bits per heavy atom. The van der Waals surface area contributed by atoms with Gasteiger partial charge in [-0.2, -0.15) is 0 Å². The Hall–Kier alpha value is -0.760. The molecule has 0 bridgehead atoms. The van der Waals surface area contributed by atoms with E-state index in [2.05, 4.69) is 47.3 Å². The van der Waals surface area contributed by atoms with Crippen LogP contribution in [0.3, 0.4) is 0 Å². The van der Waals surface area contributed by atoms with Gasteiger partial charge in [-0.05, 0) is 37.9 Å². The molecular weight excluding hydrogens is 350 g/mol. The predicted octanol–water partition coefficient (Wildman–Crippen LogP) is 1.89. The molecular formula is C10H11Br2N5. The fourth-order valence-electron chi connectivity index (χ4n) is 1.57. The van der Waals surface area contributed by atoms with Crippen LogP contribution in [0.4, 0.5) is 0 Å². The first-order valence-electron chi connectivity index (χ1n) is 4.87. The molecule has 0 aromatic carbocycles. The van der Waals surface area contributed by atoms with Gasteiger partial charge in [-0.1, -0.05) is 0 Å². The summed E-state index contributed by atoms with van der Waals surface area (Å²) in [5.41, 5.74) is 3.53. The van der Waals surface area contributed by atoms with Crippen molar-refractivity contribution in [2.75, 3.05) is 0 Å². The fraction of sp³-hybridized carbons (Fsp3) is 0.200. The van der Waals surface area contributed by atoms with Crippen molar-refractivity contribution in [1.29, 1.82) is 0 Å². The van der Waals surface area contributed by atoms with Crippen molar-refractivity contribution in [3.05, 3.63) is 45.1 Å². The van der Waals surface area contributed by atoms with Gasteiger partial charge in [0.2, 0.25) is 0 Å². The summed E-state index contributed by atoms with van der Waals surface area (Å²) in [6.45, 7) is 0. The highest BCUT2D eigenvalue weighted by atomic mass is 79.9. The molecule has 2 rings (SSSR count). The van der Waals surface area contributed by atoms with Crippen molar-refractivity contribution in [2.24, 2.45) is 12.9 Å². The maximum atomic E-state index is 5.60. The van der Waals surface area contributed by atoms with E-state index in [9.17, 15) is 0 Å². The number of pyridine rings is 1. The number of nitrogens with two attached hydrogens (primary N) is 1. The molecule has 17 heavy (non-hydrogen) atoms. The second-order valence-corrected chi connectivity index (χ2v) is 5.29. The van der Waals surface area contributed by atoms with Crippen molar-refractivity contribution in [1.82, 2.24) is 20.0 Å². The Balaban J connectivity index is 2.46. The number of halogens is 2. The molecule has 0 amide bonds. The Morgan fingerprint density at radius 2 is 2.18 bits per heavy atom. The van der Waals surface area contributed by atoms with Gasteiger partial charge >= 0.3 is 0 Å². The lowest BCUT2D eigenvalue weighted by atomic mass is 10.2. The summed E-state index contributed by atoms with van der Waals surface area (Å²) in [4.78, 5) is 8.63. The summed E-state index contributed by atoms with van der Waals surface area (Å²) in [5.74, 6) is 6.40. The number of hydrogen-bond donors (Lipinski definition) is 2.